The van der Waals surface area contributed by atoms with Gasteiger partial charge in [-0.3, -0.25) is 9.59 Å². The van der Waals surface area contributed by atoms with Gasteiger partial charge < -0.3 is 14.6 Å². The van der Waals surface area contributed by atoms with Gasteiger partial charge in [-0.1, -0.05) is 194 Å². The molecule has 6 nitrogen and oxygen atoms in total. The van der Waals surface area contributed by atoms with Crippen molar-refractivity contribution in [3.63, 3.8) is 0 Å². The molecule has 0 aliphatic carbocycles. The van der Waals surface area contributed by atoms with Crippen LogP contribution in [0, 0.1) is 0 Å². The fourth-order valence-electron chi connectivity index (χ4n) is 5.63. The summed E-state index contributed by atoms with van der Waals surface area (Å²) in [7, 11) is 0. The summed E-state index contributed by atoms with van der Waals surface area (Å²) in [5.74, 6) is -0.647. The van der Waals surface area contributed by atoms with Crippen molar-refractivity contribution in [1.29, 1.82) is 0 Å². The molecule has 0 spiro atoms. The Bertz CT molecular complexity index is 577. The Kier molecular flexibility index (Phi) is 40.9. The normalized spacial score (nSPS) is 10.7. The number of carbonyl (C=O) groups excluding carboxylic acids is 2. The molecule has 0 aromatic rings. The third-order valence-corrected chi connectivity index (χ3v) is 8.46. The minimum atomic E-state index is -1.21. The van der Waals surface area contributed by atoms with E-state index in [0.29, 0.717) is 12.8 Å². The standard InChI is InChI=1S/C36H70O3.C3H6O3/c1-3-5-7-9-11-13-15-17-19-21-23-25-27-29-31-33-35(37)39-36(38)34-32-30-28-26-24-22-20-18-16-14-12-10-8-6-4-2;1-2-6-3(4)5/h3-34H2,1-2H3;2H2,1H3,(H,4,5). The number of rotatable bonds is 33. The zero-order valence-corrected chi connectivity index (χ0v) is 30.3. The van der Waals surface area contributed by atoms with Crippen molar-refractivity contribution in [2.45, 2.75) is 226 Å². The van der Waals surface area contributed by atoms with E-state index in [1.807, 2.05) is 0 Å². The van der Waals surface area contributed by atoms with Crippen molar-refractivity contribution in [3.8, 4) is 0 Å². The van der Waals surface area contributed by atoms with Gasteiger partial charge in [-0.05, 0) is 19.8 Å². The highest BCUT2D eigenvalue weighted by Gasteiger charge is 2.10. The molecule has 0 rings (SSSR count). The topological polar surface area (TPSA) is 89.9 Å². The van der Waals surface area contributed by atoms with Crippen molar-refractivity contribution in [2.24, 2.45) is 0 Å². The van der Waals surface area contributed by atoms with Gasteiger partial charge in [0.15, 0.2) is 0 Å². The minimum absolute atomic E-state index is 0.231. The average molecular weight is 641 g/mol. The molecular weight excluding hydrogens is 564 g/mol. The molecule has 0 bridgehead atoms. The van der Waals surface area contributed by atoms with E-state index in [-0.39, 0.29) is 18.5 Å². The number of hydrogen-bond donors (Lipinski definition) is 1. The van der Waals surface area contributed by atoms with Gasteiger partial charge in [0.05, 0.1) is 6.61 Å². The largest absolute Gasteiger partial charge is 0.505 e. The van der Waals surface area contributed by atoms with Crippen LogP contribution in [0.3, 0.4) is 0 Å². The lowest BCUT2D eigenvalue weighted by molar-refractivity contribution is -0.159. The van der Waals surface area contributed by atoms with Crippen LogP contribution in [0.4, 0.5) is 4.79 Å². The highest BCUT2D eigenvalue weighted by Crippen LogP contribution is 2.15. The Morgan fingerprint density at radius 2 is 0.600 bits per heavy atom. The van der Waals surface area contributed by atoms with Gasteiger partial charge in [0, 0.05) is 12.8 Å². The smallest absolute Gasteiger partial charge is 0.450 e. The second kappa shape index (κ2) is 40.4. The maximum atomic E-state index is 11.9. The summed E-state index contributed by atoms with van der Waals surface area (Å²) < 4.78 is 8.97. The van der Waals surface area contributed by atoms with Gasteiger partial charge in [-0.25, -0.2) is 4.79 Å². The van der Waals surface area contributed by atoms with E-state index < -0.39 is 6.16 Å². The molecule has 6 heteroatoms. The first-order valence-corrected chi connectivity index (χ1v) is 19.6. The maximum absolute atomic E-state index is 11.9. The lowest BCUT2D eigenvalue weighted by Crippen LogP contribution is -2.11. The van der Waals surface area contributed by atoms with E-state index in [9.17, 15) is 14.4 Å². The van der Waals surface area contributed by atoms with E-state index in [1.54, 1.807) is 6.92 Å². The summed E-state index contributed by atoms with van der Waals surface area (Å²) in [4.78, 5) is 33.2. The molecule has 0 heterocycles. The molecule has 0 amide bonds. The molecule has 0 aliphatic rings. The van der Waals surface area contributed by atoms with Crippen molar-refractivity contribution in [2.75, 3.05) is 6.61 Å². The Morgan fingerprint density at radius 3 is 0.778 bits per heavy atom. The molecule has 0 saturated heterocycles. The molecule has 0 radical (unpaired) electrons. The second-order valence-electron chi connectivity index (χ2n) is 12.9. The van der Waals surface area contributed by atoms with Gasteiger partial charge in [0.25, 0.3) is 0 Å². The van der Waals surface area contributed by atoms with Crippen LogP contribution in [0.1, 0.15) is 226 Å². The average Bonchev–Trinajstić information content (AvgIpc) is 3.01. The fourth-order valence-corrected chi connectivity index (χ4v) is 5.63. The molecular formula is C39H76O6. The van der Waals surface area contributed by atoms with Crippen LogP contribution in [0.2, 0.25) is 0 Å². The van der Waals surface area contributed by atoms with E-state index in [4.69, 9.17) is 9.84 Å². The van der Waals surface area contributed by atoms with Gasteiger partial charge in [0.1, 0.15) is 0 Å². The monoisotopic (exact) mass is 641 g/mol. The summed E-state index contributed by atoms with van der Waals surface area (Å²) in [6.07, 6.45) is 38.9. The fraction of sp³-hybridized carbons (Fsp3) is 0.923. The maximum Gasteiger partial charge on any atom is 0.505 e. The molecule has 0 aromatic carbocycles. The molecule has 1 N–H and O–H groups in total. The SMILES string of the molecule is CCCCCCCCCCCCCCCCCC(=O)OC(=O)CCCCCCCCCCCCCCCCC.CCOC(=O)O. The van der Waals surface area contributed by atoms with Crippen LogP contribution in [0.15, 0.2) is 0 Å². The van der Waals surface area contributed by atoms with E-state index in [2.05, 4.69) is 18.6 Å². The summed E-state index contributed by atoms with van der Waals surface area (Å²) in [5.41, 5.74) is 0. The molecule has 268 valence electrons. The number of esters is 2. The van der Waals surface area contributed by atoms with E-state index >= 15 is 0 Å². The summed E-state index contributed by atoms with van der Waals surface area (Å²) in [5, 5.41) is 7.69. The third kappa shape index (κ3) is 44.6. The van der Waals surface area contributed by atoms with Crippen molar-refractivity contribution in [1.82, 2.24) is 0 Å². The number of carbonyl (C=O) groups is 3. The molecule has 0 unspecified atom stereocenters. The third-order valence-electron chi connectivity index (χ3n) is 8.46. The Hall–Kier alpha value is -1.59. The van der Waals surface area contributed by atoms with Gasteiger partial charge >= 0.3 is 18.1 Å². The molecule has 0 fully saturated rings. The highest BCUT2D eigenvalue weighted by atomic mass is 16.7. The number of unbranched alkanes of at least 4 members (excludes halogenated alkanes) is 28. The van der Waals surface area contributed by atoms with Crippen LogP contribution in [-0.4, -0.2) is 29.8 Å². The molecule has 0 saturated carbocycles. The quantitative estimate of drug-likeness (QED) is 0.0436. The van der Waals surface area contributed by atoms with Crippen LogP contribution < -0.4 is 0 Å². The zero-order chi connectivity index (χ0) is 33.5. The minimum Gasteiger partial charge on any atom is -0.450 e. The highest BCUT2D eigenvalue weighted by molar-refractivity contribution is 5.85. The van der Waals surface area contributed by atoms with E-state index in [1.165, 1.54) is 167 Å². The lowest BCUT2D eigenvalue weighted by Gasteiger charge is -2.05. The Morgan fingerprint density at radius 1 is 0.378 bits per heavy atom. The van der Waals surface area contributed by atoms with Crippen LogP contribution in [-0.2, 0) is 19.1 Å². The van der Waals surface area contributed by atoms with Crippen molar-refractivity contribution < 1.29 is 29.0 Å². The number of carboxylic acid groups (broad SMARTS) is 1. The van der Waals surface area contributed by atoms with Crippen LogP contribution >= 0.6 is 0 Å². The first-order valence-electron chi connectivity index (χ1n) is 19.6. The summed E-state index contributed by atoms with van der Waals surface area (Å²) in [6, 6.07) is 0. The Labute approximate surface area is 279 Å². The van der Waals surface area contributed by atoms with Crippen LogP contribution in [0.5, 0.6) is 0 Å². The van der Waals surface area contributed by atoms with Crippen LogP contribution in [0.25, 0.3) is 0 Å². The van der Waals surface area contributed by atoms with Gasteiger partial charge in [-0.2, -0.15) is 0 Å². The van der Waals surface area contributed by atoms with Crippen molar-refractivity contribution >= 4 is 18.1 Å². The van der Waals surface area contributed by atoms with Crippen molar-refractivity contribution in [3.05, 3.63) is 0 Å². The predicted octanol–water partition coefficient (Wildman–Crippen LogP) is 13.3. The van der Waals surface area contributed by atoms with E-state index in [0.717, 1.165) is 25.7 Å². The second-order valence-corrected chi connectivity index (χ2v) is 12.9. The first kappa shape index (κ1) is 45.5. The Balaban J connectivity index is 0. The molecule has 0 aliphatic heterocycles. The zero-order valence-electron chi connectivity index (χ0n) is 30.3. The lowest BCUT2D eigenvalue weighted by atomic mass is 10.0. The first-order chi connectivity index (χ1) is 22.0. The van der Waals surface area contributed by atoms with Gasteiger partial charge in [0.2, 0.25) is 0 Å². The number of hydrogen-bond acceptors (Lipinski definition) is 5. The number of ether oxygens (including phenoxy) is 2. The molecule has 45 heavy (non-hydrogen) atoms. The van der Waals surface area contributed by atoms with Gasteiger partial charge in [-0.15, -0.1) is 0 Å². The molecule has 0 atom stereocenters. The summed E-state index contributed by atoms with van der Waals surface area (Å²) in [6.45, 7) is 6.40. The molecule has 0 aromatic heterocycles. The summed E-state index contributed by atoms with van der Waals surface area (Å²) >= 11 is 0. The predicted molar refractivity (Wildman–Crippen MR) is 190 cm³/mol.